The second kappa shape index (κ2) is 8.25. The van der Waals surface area contributed by atoms with E-state index >= 15 is 0 Å². The molecule has 0 amide bonds. The molecule has 0 radical (unpaired) electrons. The summed E-state index contributed by atoms with van der Waals surface area (Å²) in [6, 6.07) is 6.40. The van der Waals surface area contributed by atoms with Crippen LogP contribution in [0.1, 0.15) is 38.2 Å². The first-order valence-corrected chi connectivity index (χ1v) is 9.78. The first kappa shape index (κ1) is 18.3. The summed E-state index contributed by atoms with van der Waals surface area (Å²) in [6.45, 7) is 2.11. The van der Waals surface area contributed by atoms with Gasteiger partial charge in [0.25, 0.3) is 0 Å². The molecule has 1 fully saturated rings. The first-order chi connectivity index (χ1) is 12.0. The average Bonchev–Trinajstić information content (AvgIpc) is 2.60. The highest BCUT2D eigenvalue weighted by Crippen LogP contribution is 2.37. The number of nitrogens with one attached hydrogen (secondary N) is 1. The normalized spacial score (nSPS) is 20.4. The van der Waals surface area contributed by atoms with Crippen LogP contribution < -0.4 is 11.1 Å². The van der Waals surface area contributed by atoms with Crippen LogP contribution in [0.4, 0.5) is 11.8 Å². The standard InChI is InChI=1S/C18H23ClN4OS/c1-2-11-3-8-15(14(19)9-11)25-16-10-21-18(20)23-17(16)22-12-4-6-13(24)7-5-12/h3,8-10,12-13,24H,2,4-7H2,1H3,(H3,20,21,22,23)/t12-,13-. The highest BCUT2D eigenvalue weighted by molar-refractivity contribution is 7.99. The van der Waals surface area contributed by atoms with Crippen LogP contribution in [0.25, 0.3) is 0 Å². The quantitative estimate of drug-likeness (QED) is 0.725. The Hall–Kier alpha value is -1.50. The number of hydrogen-bond acceptors (Lipinski definition) is 6. The van der Waals surface area contributed by atoms with Gasteiger partial charge < -0.3 is 16.2 Å². The zero-order valence-electron chi connectivity index (χ0n) is 14.2. The summed E-state index contributed by atoms with van der Waals surface area (Å²) in [6.07, 6.45) is 5.96. The lowest BCUT2D eigenvalue weighted by atomic mass is 9.93. The molecular weight excluding hydrogens is 356 g/mol. The Labute approximate surface area is 157 Å². The summed E-state index contributed by atoms with van der Waals surface area (Å²) in [5.41, 5.74) is 6.99. The Bertz CT molecular complexity index is 735. The summed E-state index contributed by atoms with van der Waals surface area (Å²) >= 11 is 7.95. The van der Waals surface area contributed by atoms with E-state index in [0.29, 0.717) is 0 Å². The van der Waals surface area contributed by atoms with Crippen molar-refractivity contribution in [3.05, 3.63) is 35.0 Å². The maximum absolute atomic E-state index is 9.67. The van der Waals surface area contributed by atoms with Crippen LogP contribution in [0.3, 0.4) is 0 Å². The molecule has 2 aromatic rings. The SMILES string of the molecule is CCc1ccc(Sc2cnc(N)nc2N[C@H]2CC[C@H](O)CC2)c(Cl)c1. The van der Waals surface area contributed by atoms with Gasteiger partial charge in [-0.3, -0.25) is 0 Å². The minimum atomic E-state index is -0.182. The largest absolute Gasteiger partial charge is 0.393 e. The minimum absolute atomic E-state index is 0.182. The third-order valence-electron chi connectivity index (χ3n) is 4.44. The fraction of sp³-hybridized carbons (Fsp3) is 0.444. The van der Waals surface area contributed by atoms with Gasteiger partial charge in [0, 0.05) is 17.1 Å². The van der Waals surface area contributed by atoms with Crippen molar-refractivity contribution in [2.24, 2.45) is 0 Å². The number of anilines is 2. The van der Waals surface area contributed by atoms with E-state index in [9.17, 15) is 5.11 Å². The first-order valence-electron chi connectivity index (χ1n) is 8.58. The van der Waals surface area contributed by atoms with E-state index in [0.717, 1.165) is 52.7 Å². The number of halogens is 1. The number of nitrogens with two attached hydrogens (primary N) is 1. The van der Waals surface area contributed by atoms with E-state index in [1.807, 2.05) is 12.1 Å². The smallest absolute Gasteiger partial charge is 0.221 e. The molecular formula is C18H23ClN4OS. The molecule has 5 nitrogen and oxygen atoms in total. The van der Waals surface area contributed by atoms with Crippen molar-refractivity contribution in [1.29, 1.82) is 0 Å². The molecule has 1 aromatic carbocycles. The topological polar surface area (TPSA) is 84.1 Å². The summed E-state index contributed by atoms with van der Waals surface area (Å²) in [5, 5.41) is 13.9. The van der Waals surface area contributed by atoms with Crippen LogP contribution in [-0.2, 0) is 6.42 Å². The lowest BCUT2D eigenvalue weighted by Crippen LogP contribution is -2.28. The lowest BCUT2D eigenvalue weighted by Gasteiger charge is -2.27. The van der Waals surface area contributed by atoms with E-state index < -0.39 is 0 Å². The zero-order chi connectivity index (χ0) is 17.8. The number of aromatic nitrogens is 2. The molecule has 0 saturated heterocycles. The van der Waals surface area contributed by atoms with Crippen molar-refractivity contribution in [2.45, 2.75) is 61.0 Å². The van der Waals surface area contributed by atoms with Gasteiger partial charge >= 0.3 is 0 Å². The van der Waals surface area contributed by atoms with Gasteiger partial charge in [-0.25, -0.2) is 4.98 Å². The van der Waals surface area contributed by atoms with Gasteiger partial charge in [0.05, 0.1) is 16.0 Å². The van der Waals surface area contributed by atoms with Gasteiger partial charge in [0.15, 0.2) is 0 Å². The summed E-state index contributed by atoms with van der Waals surface area (Å²) in [4.78, 5) is 10.4. The number of aliphatic hydroxyl groups excluding tert-OH is 1. The number of rotatable bonds is 5. The van der Waals surface area contributed by atoms with Crippen molar-refractivity contribution in [3.8, 4) is 0 Å². The van der Waals surface area contributed by atoms with Gasteiger partial charge in [-0.15, -0.1) is 0 Å². The van der Waals surface area contributed by atoms with E-state index in [4.69, 9.17) is 17.3 Å². The summed E-state index contributed by atoms with van der Waals surface area (Å²) in [7, 11) is 0. The molecule has 0 atom stereocenters. The van der Waals surface area contributed by atoms with Crippen LogP contribution >= 0.6 is 23.4 Å². The zero-order valence-corrected chi connectivity index (χ0v) is 15.8. The molecule has 3 rings (SSSR count). The molecule has 0 bridgehead atoms. The molecule has 4 N–H and O–H groups in total. The summed E-state index contributed by atoms with van der Waals surface area (Å²) in [5.74, 6) is 0.977. The molecule has 0 spiro atoms. The van der Waals surface area contributed by atoms with Crippen LogP contribution in [0.15, 0.2) is 34.2 Å². The monoisotopic (exact) mass is 378 g/mol. The highest BCUT2D eigenvalue weighted by atomic mass is 35.5. The van der Waals surface area contributed by atoms with Crippen LogP contribution in [0.2, 0.25) is 5.02 Å². The van der Waals surface area contributed by atoms with Crippen LogP contribution in [0, 0.1) is 0 Å². The van der Waals surface area contributed by atoms with E-state index in [-0.39, 0.29) is 18.1 Å². The van der Waals surface area contributed by atoms with Gasteiger partial charge in [-0.1, -0.05) is 36.4 Å². The molecule has 1 aliphatic rings. The number of benzene rings is 1. The van der Waals surface area contributed by atoms with Crippen LogP contribution in [-0.4, -0.2) is 27.2 Å². The van der Waals surface area contributed by atoms with Crippen LogP contribution in [0.5, 0.6) is 0 Å². The van der Waals surface area contributed by atoms with Crippen molar-refractivity contribution in [3.63, 3.8) is 0 Å². The number of nitrogen functional groups attached to an aromatic ring is 1. The molecule has 7 heteroatoms. The third-order valence-corrected chi connectivity index (χ3v) is 5.96. The second-order valence-corrected chi connectivity index (χ2v) is 7.80. The predicted octanol–water partition coefficient (Wildman–Crippen LogP) is 4.14. The molecule has 134 valence electrons. The fourth-order valence-electron chi connectivity index (χ4n) is 2.94. The Balaban J connectivity index is 1.79. The van der Waals surface area contributed by atoms with Crippen molar-refractivity contribution >= 4 is 35.1 Å². The van der Waals surface area contributed by atoms with Gasteiger partial charge in [-0.05, 0) is 49.8 Å². The van der Waals surface area contributed by atoms with E-state index in [2.05, 4.69) is 28.3 Å². The molecule has 1 saturated carbocycles. The Morgan fingerprint density at radius 2 is 2.04 bits per heavy atom. The Kier molecular flexibility index (Phi) is 6.04. The number of hydrogen-bond donors (Lipinski definition) is 3. The molecule has 0 unspecified atom stereocenters. The van der Waals surface area contributed by atoms with Gasteiger partial charge in [0.2, 0.25) is 5.95 Å². The van der Waals surface area contributed by atoms with E-state index in [1.165, 1.54) is 17.3 Å². The van der Waals surface area contributed by atoms with E-state index in [1.54, 1.807) is 6.20 Å². The predicted molar refractivity (Wildman–Crippen MR) is 103 cm³/mol. The van der Waals surface area contributed by atoms with Crippen molar-refractivity contribution < 1.29 is 5.11 Å². The fourth-order valence-corrected chi connectivity index (χ4v) is 4.10. The maximum Gasteiger partial charge on any atom is 0.221 e. The highest BCUT2D eigenvalue weighted by Gasteiger charge is 2.21. The van der Waals surface area contributed by atoms with Crippen molar-refractivity contribution in [1.82, 2.24) is 9.97 Å². The minimum Gasteiger partial charge on any atom is -0.393 e. The molecule has 1 aliphatic carbocycles. The Morgan fingerprint density at radius 3 is 2.72 bits per heavy atom. The average molecular weight is 379 g/mol. The second-order valence-electron chi connectivity index (χ2n) is 6.31. The summed E-state index contributed by atoms with van der Waals surface area (Å²) < 4.78 is 0. The number of aliphatic hydroxyl groups is 1. The number of nitrogens with zero attached hydrogens (tertiary/aromatic N) is 2. The Morgan fingerprint density at radius 1 is 1.28 bits per heavy atom. The maximum atomic E-state index is 9.67. The van der Waals surface area contributed by atoms with Gasteiger partial charge in [-0.2, -0.15) is 4.98 Å². The molecule has 1 aromatic heterocycles. The third kappa shape index (κ3) is 4.77. The number of aryl methyl sites for hydroxylation is 1. The molecule has 0 aliphatic heterocycles. The lowest BCUT2D eigenvalue weighted by molar-refractivity contribution is 0.126. The molecule has 1 heterocycles. The van der Waals surface area contributed by atoms with Crippen molar-refractivity contribution in [2.75, 3.05) is 11.1 Å². The van der Waals surface area contributed by atoms with Gasteiger partial charge in [0.1, 0.15) is 5.82 Å². The molecule has 25 heavy (non-hydrogen) atoms.